The number of fused-ring (bicyclic) bond motifs is 1. The highest BCUT2D eigenvalue weighted by Gasteiger charge is 2.13. The van der Waals surface area contributed by atoms with Crippen molar-refractivity contribution in [2.45, 2.75) is 26.2 Å². The fourth-order valence-electron chi connectivity index (χ4n) is 2.12. The molecule has 0 atom stereocenters. The summed E-state index contributed by atoms with van der Waals surface area (Å²) in [5, 5.41) is 6.70. The van der Waals surface area contributed by atoms with Crippen LogP contribution in [0, 0.1) is 0 Å². The number of nitrogens with one attached hydrogen (secondary N) is 1. The third-order valence-electron chi connectivity index (χ3n) is 3.18. The Labute approximate surface area is 106 Å². The van der Waals surface area contributed by atoms with Crippen LogP contribution in [0.4, 0.5) is 5.69 Å². The Morgan fingerprint density at radius 3 is 3.00 bits per heavy atom. The number of thiazole rings is 1. The molecule has 1 aromatic carbocycles. The normalized spacial score (nSPS) is 13.8. The first-order valence-electron chi connectivity index (χ1n) is 6.06. The van der Waals surface area contributed by atoms with E-state index in [0.717, 1.165) is 18.0 Å². The molecule has 1 aliphatic heterocycles. The van der Waals surface area contributed by atoms with Crippen molar-refractivity contribution in [3.8, 4) is 10.6 Å². The lowest BCUT2D eigenvalue weighted by molar-refractivity contribution is 0.834. The molecule has 0 aliphatic carbocycles. The molecule has 88 valence electrons. The SMILES string of the molecule is CC(C)c1csc(-c2ccc3c(c2)CCN3)n1. The molecular weight excluding hydrogens is 228 g/mol. The number of benzene rings is 1. The van der Waals surface area contributed by atoms with E-state index in [1.165, 1.54) is 22.5 Å². The predicted molar refractivity (Wildman–Crippen MR) is 73.8 cm³/mol. The average Bonchev–Trinajstić information content (AvgIpc) is 2.97. The lowest BCUT2D eigenvalue weighted by atomic mass is 10.1. The zero-order valence-electron chi connectivity index (χ0n) is 10.2. The van der Waals surface area contributed by atoms with Gasteiger partial charge in [0, 0.05) is 23.2 Å². The number of nitrogens with zero attached hydrogens (tertiary/aromatic N) is 1. The van der Waals surface area contributed by atoms with Crippen LogP contribution in [0.15, 0.2) is 23.6 Å². The van der Waals surface area contributed by atoms with Gasteiger partial charge < -0.3 is 5.32 Å². The minimum Gasteiger partial charge on any atom is -0.384 e. The molecule has 1 aliphatic rings. The van der Waals surface area contributed by atoms with Crippen molar-refractivity contribution >= 4 is 17.0 Å². The van der Waals surface area contributed by atoms with E-state index in [0.29, 0.717) is 5.92 Å². The average molecular weight is 244 g/mol. The van der Waals surface area contributed by atoms with Gasteiger partial charge in [-0.2, -0.15) is 0 Å². The smallest absolute Gasteiger partial charge is 0.123 e. The van der Waals surface area contributed by atoms with Crippen molar-refractivity contribution in [3.05, 3.63) is 34.8 Å². The molecule has 0 amide bonds. The van der Waals surface area contributed by atoms with E-state index in [4.69, 9.17) is 4.98 Å². The first-order chi connectivity index (χ1) is 8.24. The Hall–Kier alpha value is -1.35. The van der Waals surface area contributed by atoms with Crippen LogP contribution in [-0.2, 0) is 6.42 Å². The lowest BCUT2D eigenvalue weighted by Gasteiger charge is -2.02. The van der Waals surface area contributed by atoms with Gasteiger partial charge in [0.25, 0.3) is 0 Å². The summed E-state index contributed by atoms with van der Waals surface area (Å²) in [6.45, 7) is 5.44. The van der Waals surface area contributed by atoms with Gasteiger partial charge in [0.15, 0.2) is 0 Å². The van der Waals surface area contributed by atoms with Crippen molar-refractivity contribution in [2.24, 2.45) is 0 Å². The fraction of sp³-hybridized carbons (Fsp3) is 0.357. The zero-order chi connectivity index (χ0) is 11.8. The van der Waals surface area contributed by atoms with Crippen LogP contribution in [0.1, 0.15) is 31.0 Å². The molecule has 0 unspecified atom stereocenters. The molecule has 2 nitrogen and oxygen atoms in total. The molecule has 0 saturated heterocycles. The molecular formula is C14H16N2S. The van der Waals surface area contributed by atoms with E-state index < -0.39 is 0 Å². The van der Waals surface area contributed by atoms with E-state index in [9.17, 15) is 0 Å². The second-order valence-corrected chi connectivity index (χ2v) is 5.64. The molecule has 2 heterocycles. The van der Waals surface area contributed by atoms with Gasteiger partial charge >= 0.3 is 0 Å². The monoisotopic (exact) mass is 244 g/mol. The van der Waals surface area contributed by atoms with Gasteiger partial charge in [-0.15, -0.1) is 11.3 Å². The molecule has 3 rings (SSSR count). The highest BCUT2D eigenvalue weighted by atomic mass is 32.1. The molecule has 0 fully saturated rings. The molecule has 17 heavy (non-hydrogen) atoms. The predicted octanol–water partition coefficient (Wildman–Crippen LogP) is 3.90. The second kappa shape index (κ2) is 4.15. The van der Waals surface area contributed by atoms with Crippen LogP contribution in [0.5, 0.6) is 0 Å². The lowest BCUT2D eigenvalue weighted by Crippen LogP contribution is -1.90. The minimum atomic E-state index is 0.510. The van der Waals surface area contributed by atoms with Crippen LogP contribution < -0.4 is 5.32 Å². The summed E-state index contributed by atoms with van der Waals surface area (Å²) in [6, 6.07) is 6.62. The highest BCUT2D eigenvalue weighted by Crippen LogP contribution is 2.31. The van der Waals surface area contributed by atoms with Crippen LogP contribution in [0.25, 0.3) is 10.6 Å². The fourth-order valence-corrected chi connectivity index (χ4v) is 3.10. The van der Waals surface area contributed by atoms with Crippen molar-refractivity contribution in [2.75, 3.05) is 11.9 Å². The summed E-state index contributed by atoms with van der Waals surface area (Å²) in [4.78, 5) is 4.70. The standard InChI is InChI=1S/C14H16N2S/c1-9(2)13-8-17-14(16-13)11-3-4-12-10(7-11)5-6-15-12/h3-4,7-9,15H,5-6H2,1-2H3. The summed E-state index contributed by atoms with van der Waals surface area (Å²) in [5.74, 6) is 0.510. The third kappa shape index (κ3) is 1.95. The number of hydrogen-bond acceptors (Lipinski definition) is 3. The number of hydrogen-bond donors (Lipinski definition) is 1. The number of aromatic nitrogens is 1. The van der Waals surface area contributed by atoms with E-state index >= 15 is 0 Å². The maximum Gasteiger partial charge on any atom is 0.123 e. The number of anilines is 1. The largest absolute Gasteiger partial charge is 0.384 e. The van der Waals surface area contributed by atoms with Gasteiger partial charge in [0.05, 0.1) is 5.69 Å². The Bertz CT molecular complexity index is 543. The van der Waals surface area contributed by atoms with Crippen LogP contribution in [0.3, 0.4) is 0 Å². The van der Waals surface area contributed by atoms with E-state index in [1.54, 1.807) is 11.3 Å². The Balaban J connectivity index is 1.97. The molecule has 2 aromatic rings. The Kier molecular flexibility index (Phi) is 2.63. The quantitative estimate of drug-likeness (QED) is 0.866. The molecule has 1 aromatic heterocycles. The highest BCUT2D eigenvalue weighted by molar-refractivity contribution is 7.13. The van der Waals surface area contributed by atoms with E-state index in [1.807, 2.05) is 0 Å². The van der Waals surface area contributed by atoms with Gasteiger partial charge in [0.2, 0.25) is 0 Å². The molecule has 1 N–H and O–H groups in total. The van der Waals surface area contributed by atoms with Crippen molar-refractivity contribution in [1.82, 2.24) is 4.98 Å². The van der Waals surface area contributed by atoms with Gasteiger partial charge in [-0.25, -0.2) is 4.98 Å². The third-order valence-corrected chi connectivity index (χ3v) is 4.09. The second-order valence-electron chi connectivity index (χ2n) is 4.78. The molecule has 0 radical (unpaired) electrons. The van der Waals surface area contributed by atoms with Crippen molar-refractivity contribution in [3.63, 3.8) is 0 Å². The van der Waals surface area contributed by atoms with Crippen LogP contribution in [-0.4, -0.2) is 11.5 Å². The molecule has 3 heteroatoms. The van der Waals surface area contributed by atoms with Crippen molar-refractivity contribution in [1.29, 1.82) is 0 Å². The molecule has 0 bridgehead atoms. The summed E-state index contributed by atoms with van der Waals surface area (Å²) in [5.41, 5.74) is 5.16. The van der Waals surface area contributed by atoms with E-state index in [-0.39, 0.29) is 0 Å². The Morgan fingerprint density at radius 2 is 2.24 bits per heavy atom. The van der Waals surface area contributed by atoms with Crippen LogP contribution in [0.2, 0.25) is 0 Å². The summed E-state index contributed by atoms with van der Waals surface area (Å²) in [7, 11) is 0. The summed E-state index contributed by atoms with van der Waals surface area (Å²) in [6.07, 6.45) is 1.13. The Morgan fingerprint density at radius 1 is 1.35 bits per heavy atom. The van der Waals surface area contributed by atoms with E-state index in [2.05, 4.69) is 42.7 Å². The van der Waals surface area contributed by atoms with Crippen LogP contribution >= 0.6 is 11.3 Å². The molecule has 0 spiro atoms. The minimum absolute atomic E-state index is 0.510. The van der Waals surface area contributed by atoms with Gasteiger partial charge in [-0.05, 0) is 36.1 Å². The first-order valence-corrected chi connectivity index (χ1v) is 6.94. The summed E-state index contributed by atoms with van der Waals surface area (Å²) >= 11 is 1.74. The van der Waals surface area contributed by atoms with Crippen molar-refractivity contribution < 1.29 is 0 Å². The number of rotatable bonds is 2. The zero-order valence-corrected chi connectivity index (χ0v) is 11.0. The first kappa shape index (κ1) is 10.8. The van der Waals surface area contributed by atoms with Gasteiger partial charge in [-0.3, -0.25) is 0 Å². The van der Waals surface area contributed by atoms with Gasteiger partial charge in [-0.1, -0.05) is 13.8 Å². The summed E-state index contributed by atoms with van der Waals surface area (Å²) < 4.78 is 0. The maximum atomic E-state index is 4.70. The van der Waals surface area contributed by atoms with Gasteiger partial charge in [0.1, 0.15) is 5.01 Å². The molecule has 0 saturated carbocycles. The topological polar surface area (TPSA) is 24.9 Å². The maximum absolute atomic E-state index is 4.70.